The molecule has 0 unspecified atom stereocenters. The number of aromatic amines is 1. The van der Waals surface area contributed by atoms with Gasteiger partial charge in [0.15, 0.2) is 0 Å². The second-order valence-corrected chi connectivity index (χ2v) is 7.22. The van der Waals surface area contributed by atoms with Crippen molar-refractivity contribution in [3.8, 4) is 0 Å². The molecule has 4 rings (SSSR count). The number of nitrogens with two attached hydrogens (primary N) is 1. The highest BCUT2D eigenvalue weighted by molar-refractivity contribution is 5.86. The number of hydrogen-bond acceptors (Lipinski definition) is 4. The number of nitrogens with zero attached hydrogens (tertiary/aromatic N) is 2. The molecular formula is C24H24N4O2. The van der Waals surface area contributed by atoms with Crippen LogP contribution >= 0.6 is 0 Å². The summed E-state index contributed by atoms with van der Waals surface area (Å²) in [5.74, 6) is 0.176. The van der Waals surface area contributed by atoms with Gasteiger partial charge in [-0.3, -0.25) is 14.3 Å². The molecule has 0 saturated carbocycles. The van der Waals surface area contributed by atoms with Crippen LogP contribution in [-0.4, -0.2) is 16.1 Å². The van der Waals surface area contributed by atoms with Gasteiger partial charge in [-0.25, -0.2) is 4.79 Å². The predicted molar refractivity (Wildman–Crippen MR) is 122 cm³/mol. The third-order valence-corrected chi connectivity index (χ3v) is 5.34. The van der Waals surface area contributed by atoms with Crippen LogP contribution in [0.5, 0.6) is 0 Å². The van der Waals surface area contributed by atoms with Crippen molar-refractivity contribution in [2.45, 2.75) is 20.0 Å². The maximum atomic E-state index is 12.7. The minimum Gasteiger partial charge on any atom is -0.383 e. The summed E-state index contributed by atoms with van der Waals surface area (Å²) in [7, 11) is 0. The number of aromatic nitrogens is 2. The van der Waals surface area contributed by atoms with Crippen LogP contribution in [-0.2, 0) is 13.1 Å². The van der Waals surface area contributed by atoms with Crippen LogP contribution < -0.4 is 21.9 Å². The number of rotatable bonds is 6. The zero-order valence-corrected chi connectivity index (χ0v) is 16.8. The Hall–Kier alpha value is -3.80. The predicted octanol–water partition coefficient (Wildman–Crippen LogP) is 3.35. The second-order valence-electron chi connectivity index (χ2n) is 7.22. The van der Waals surface area contributed by atoms with Gasteiger partial charge in [0, 0.05) is 13.1 Å². The van der Waals surface area contributed by atoms with Crippen LogP contribution in [0.25, 0.3) is 10.8 Å². The van der Waals surface area contributed by atoms with Gasteiger partial charge in [-0.2, -0.15) is 0 Å². The van der Waals surface area contributed by atoms with Crippen molar-refractivity contribution in [2.75, 3.05) is 17.2 Å². The number of nitrogens with one attached hydrogen (secondary N) is 1. The number of hydrogen-bond donors (Lipinski definition) is 2. The van der Waals surface area contributed by atoms with Crippen molar-refractivity contribution in [1.82, 2.24) is 9.55 Å². The molecule has 0 aliphatic heterocycles. The molecule has 0 radical (unpaired) electrons. The van der Waals surface area contributed by atoms with E-state index in [0.29, 0.717) is 25.3 Å². The van der Waals surface area contributed by atoms with Crippen molar-refractivity contribution >= 4 is 22.3 Å². The van der Waals surface area contributed by atoms with Gasteiger partial charge in [0.1, 0.15) is 11.5 Å². The van der Waals surface area contributed by atoms with E-state index in [1.54, 1.807) is 0 Å². The fourth-order valence-corrected chi connectivity index (χ4v) is 3.79. The Kier molecular flexibility index (Phi) is 5.39. The largest absolute Gasteiger partial charge is 0.383 e. The lowest BCUT2D eigenvalue weighted by molar-refractivity contribution is 0.718. The number of anilines is 2. The first-order chi connectivity index (χ1) is 14.6. The highest BCUT2D eigenvalue weighted by atomic mass is 16.2. The second kappa shape index (κ2) is 8.29. The van der Waals surface area contributed by atoms with E-state index in [0.717, 1.165) is 21.9 Å². The summed E-state index contributed by atoms with van der Waals surface area (Å²) in [6.07, 6.45) is 0. The van der Waals surface area contributed by atoms with Crippen molar-refractivity contribution in [3.05, 3.63) is 105 Å². The quantitative estimate of drug-likeness (QED) is 0.520. The van der Waals surface area contributed by atoms with E-state index >= 15 is 0 Å². The van der Waals surface area contributed by atoms with Crippen molar-refractivity contribution in [1.29, 1.82) is 0 Å². The Morgan fingerprint density at radius 1 is 0.933 bits per heavy atom. The average molecular weight is 400 g/mol. The molecule has 0 saturated heterocycles. The smallest absolute Gasteiger partial charge is 0.330 e. The van der Waals surface area contributed by atoms with Crippen LogP contribution in [0.4, 0.5) is 11.5 Å². The van der Waals surface area contributed by atoms with Crippen LogP contribution in [0, 0.1) is 0 Å². The highest BCUT2D eigenvalue weighted by Gasteiger charge is 2.19. The molecule has 3 aromatic carbocycles. The first-order valence-electron chi connectivity index (χ1n) is 9.96. The topological polar surface area (TPSA) is 84.1 Å². The number of nitrogen functional groups attached to an aromatic ring is 1. The molecule has 3 N–H and O–H groups in total. The molecule has 0 atom stereocenters. The Morgan fingerprint density at radius 3 is 2.40 bits per heavy atom. The van der Waals surface area contributed by atoms with E-state index in [4.69, 9.17) is 5.73 Å². The van der Waals surface area contributed by atoms with E-state index < -0.39 is 11.2 Å². The molecule has 30 heavy (non-hydrogen) atoms. The zero-order chi connectivity index (χ0) is 21.1. The number of fused-ring (bicyclic) bond motifs is 1. The SMILES string of the molecule is CCN(Cc1cccc2ccccc12)c1c(N)n(Cc2ccccc2)c(=O)[nH]c1=O. The van der Waals surface area contributed by atoms with Gasteiger partial charge in [0.05, 0.1) is 6.54 Å². The fourth-order valence-electron chi connectivity index (χ4n) is 3.79. The lowest BCUT2D eigenvalue weighted by Crippen LogP contribution is -2.38. The van der Waals surface area contributed by atoms with Crippen molar-refractivity contribution in [2.24, 2.45) is 0 Å². The summed E-state index contributed by atoms with van der Waals surface area (Å²) < 4.78 is 1.41. The van der Waals surface area contributed by atoms with Crippen LogP contribution in [0.2, 0.25) is 0 Å². The molecule has 0 aliphatic rings. The van der Waals surface area contributed by atoms with Crippen molar-refractivity contribution in [3.63, 3.8) is 0 Å². The van der Waals surface area contributed by atoms with Crippen LogP contribution in [0.3, 0.4) is 0 Å². The molecule has 0 aliphatic carbocycles. The maximum absolute atomic E-state index is 12.7. The molecule has 0 amide bonds. The van der Waals surface area contributed by atoms with Crippen LogP contribution in [0.1, 0.15) is 18.1 Å². The van der Waals surface area contributed by atoms with Gasteiger partial charge in [0.2, 0.25) is 0 Å². The molecule has 0 bridgehead atoms. The van der Waals surface area contributed by atoms with E-state index in [9.17, 15) is 9.59 Å². The van der Waals surface area contributed by atoms with Gasteiger partial charge < -0.3 is 10.6 Å². The summed E-state index contributed by atoms with van der Waals surface area (Å²) in [6, 6.07) is 23.8. The third-order valence-electron chi connectivity index (χ3n) is 5.34. The molecule has 152 valence electrons. The fraction of sp³-hybridized carbons (Fsp3) is 0.167. The summed E-state index contributed by atoms with van der Waals surface area (Å²) in [4.78, 5) is 29.5. The van der Waals surface area contributed by atoms with E-state index in [2.05, 4.69) is 29.2 Å². The number of H-pyrrole nitrogens is 1. The maximum Gasteiger partial charge on any atom is 0.330 e. The summed E-state index contributed by atoms with van der Waals surface area (Å²) >= 11 is 0. The molecule has 6 nitrogen and oxygen atoms in total. The Balaban J connectivity index is 1.77. The Labute approximate surface area is 174 Å². The standard InChI is InChI=1S/C24H24N4O2/c1-2-27(16-19-13-8-12-18-11-6-7-14-20(18)19)21-22(25)28(24(30)26-23(21)29)15-17-9-4-3-5-10-17/h3-14H,2,15-16,25H2,1H3,(H,26,29,30). The van der Waals surface area contributed by atoms with Crippen LogP contribution in [0.15, 0.2) is 82.4 Å². The average Bonchev–Trinajstić information content (AvgIpc) is 2.76. The zero-order valence-electron chi connectivity index (χ0n) is 16.8. The molecule has 1 aromatic heterocycles. The molecule has 0 fully saturated rings. The molecule has 6 heteroatoms. The normalized spacial score (nSPS) is 11.0. The molecule has 0 spiro atoms. The van der Waals surface area contributed by atoms with E-state index in [1.165, 1.54) is 4.57 Å². The summed E-state index contributed by atoms with van der Waals surface area (Å²) in [5, 5.41) is 2.27. The lowest BCUT2D eigenvalue weighted by atomic mass is 10.0. The molecule has 4 aromatic rings. The van der Waals surface area contributed by atoms with E-state index in [1.807, 2.05) is 60.4 Å². The summed E-state index contributed by atoms with van der Waals surface area (Å²) in [6.45, 7) is 3.34. The Morgan fingerprint density at radius 2 is 1.63 bits per heavy atom. The van der Waals surface area contributed by atoms with Gasteiger partial charge in [-0.05, 0) is 28.8 Å². The minimum absolute atomic E-state index is 0.176. The summed E-state index contributed by atoms with van der Waals surface area (Å²) in [5.41, 5.74) is 7.74. The number of benzene rings is 3. The minimum atomic E-state index is -0.508. The van der Waals surface area contributed by atoms with Crippen molar-refractivity contribution < 1.29 is 0 Å². The van der Waals surface area contributed by atoms with Gasteiger partial charge >= 0.3 is 5.69 Å². The van der Waals surface area contributed by atoms with E-state index in [-0.39, 0.29) is 5.82 Å². The Bertz CT molecular complexity index is 1290. The monoisotopic (exact) mass is 400 g/mol. The first-order valence-corrected chi connectivity index (χ1v) is 9.96. The van der Waals surface area contributed by atoms with Gasteiger partial charge in [0.25, 0.3) is 5.56 Å². The molecule has 1 heterocycles. The first kappa shape index (κ1) is 19.5. The van der Waals surface area contributed by atoms with Gasteiger partial charge in [-0.15, -0.1) is 0 Å². The lowest BCUT2D eigenvalue weighted by Gasteiger charge is -2.25. The van der Waals surface area contributed by atoms with Gasteiger partial charge in [-0.1, -0.05) is 72.8 Å². The third kappa shape index (κ3) is 3.72. The molecular weight excluding hydrogens is 376 g/mol. The highest BCUT2D eigenvalue weighted by Crippen LogP contribution is 2.24.